The van der Waals surface area contributed by atoms with Crippen LogP contribution in [0.5, 0.6) is 0 Å². The molecule has 2 aromatic rings. The van der Waals surface area contributed by atoms with E-state index in [2.05, 4.69) is 4.98 Å². The number of hydrogen-bond donors (Lipinski definition) is 1. The number of hydrogen-bond acceptors (Lipinski definition) is 4. The molecule has 0 aliphatic heterocycles. The molecule has 6 nitrogen and oxygen atoms in total. The lowest BCUT2D eigenvalue weighted by molar-refractivity contribution is 0.0697. The van der Waals surface area contributed by atoms with Crippen molar-refractivity contribution >= 4 is 11.8 Å². The van der Waals surface area contributed by atoms with E-state index in [1.54, 1.807) is 55.7 Å². The summed E-state index contributed by atoms with van der Waals surface area (Å²) in [5.41, 5.74) is 0.979. The number of rotatable bonds is 4. The minimum Gasteiger partial charge on any atom is -0.478 e. The lowest BCUT2D eigenvalue weighted by Gasteiger charge is -2.17. The SMILES string of the molecule is CN(Cc1ccc(C(=O)O)cc1)c1nccn(C)c1=O. The van der Waals surface area contributed by atoms with E-state index in [1.807, 2.05) is 0 Å². The van der Waals surface area contributed by atoms with Crippen molar-refractivity contribution in [2.45, 2.75) is 6.54 Å². The molecule has 0 saturated heterocycles. The largest absolute Gasteiger partial charge is 0.478 e. The highest BCUT2D eigenvalue weighted by atomic mass is 16.4. The minimum atomic E-state index is -0.955. The highest BCUT2D eigenvalue weighted by Crippen LogP contribution is 2.10. The number of anilines is 1. The number of nitrogens with zero attached hydrogens (tertiary/aromatic N) is 3. The quantitative estimate of drug-likeness (QED) is 0.903. The first-order chi connectivity index (χ1) is 9.49. The van der Waals surface area contributed by atoms with Gasteiger partial charge in [-0.1, -0.05) is 12.1 Å². The smallest absolute Gasteiger partial charge is 0.335 e. The molecule has 0 saturated carbocycles. The summed E-state index contributed by atoms with van der Waals surface area (Å²) < 4.78 is 1.46. The number of aryl methyl sites for hydroxylation is 1. The second-order valence-corrected chi connectivity index (χ2v) is 4.53. The second-order valence-electron chi connectivity index (χ2n) is 4.53. The topological polar surface area (TPSA) is 75.4 Å². The van der Waals surface area contributed by atoms with Gasteiger partial charge in [-0.15, -0.1) is 0 Å². The van der Waals surface area contributed by atoms with Gasteiger partial charge in [0.2, 0.25) is 0 Å². The maximum atomic E-state index is 11.9. The van der Waals surface area contributed by atoms with Crippen molar-refractivity contribution < 1.29 is 9.90 Å². The van der Waals surface area contributed by atoms with Crippen LogP contribution in [-0.4, -0.2) is 27.7 Å². The van der Waals surface area contributed by atoms with Crippen LogP contribution in [0.2, 0.25) is 0 Å². The first kappa shape index (κ1) is 13.8. The van der Waals surface area contributed by atoms with E-state index in [1.165, 1.54) is 4.57 Å². The zero-order valence-electron chi connectivity index (χ0n) is 11.3. The monoisotopic (exact) mass is 273 g/mol. The fourth-order valence-corrected chi connectivity index (χ4v) is 1.85. The van der Waals surface area contributed by atoms with E-state index in [-0.39, 0.29) is 11.1 Å². The molecule has 1 aromatic heterocycles. The molecule has 1 N–H and O–H groups in total. The Kier molecular flexibility index (Phi) is 3.84. The van der Waals surface area contributed by atoms with E-state index < -0.39 is 5.97 Å². The lowest BCUT2D eigenvalue weighted by Crippen LogP contribution is -2.29. The van der Waals surface area contributed by atoms with Crippen molar-refractivity contribution in [1.29, 1.82) is 0 Å². The van der Waals surface area contributed by atoms with Gasteiger partial charge in [-0.2, -0.15) is 0 Å². The van der Waals surface area contributed by atoms with Gasteiger partial charge < -0.3 is 14.6 Å². The van der Waals surface area contributed by atoms with Gasteiger partial charge in [0, 0.05) is 33.0 Å². The summed E-state index contributed by atoms with van der Waals surface area (Å²) in [4.78, 5) is 28.5. The fraction of sp³-hybridized carbons (Fsp3) is 0.214. The fourth-order valence-electron chi connectivity index (χ4n) is 1.85. The molecule has 0 radical (unpaired) electrons. The number of aromatic nitrogens is 2. The van der Waals surface area contributed by atoms with Crippen LogP contribution in [0.15, 0.2) is 41.5 Å². The van der Waals surface area contributed by atoms with E-state index in [4.69, 9.17) is 5.11 Å². The average molecular weight is 273 g/mol. The molecule has 0 fully saturated rings. The van der Waals surface area contributed by atoms with Crippen molar-refractivity contribution in [3.8, 4) is 0 Å². The zero-order valence-corrected chi connectivity index (χ0v) is 11.3. The first-order valence-electron chi connectivity index (χ1n) is 6.04. The summed E-state index contributed by atoms with van der Waals surface area (Å²) in [5, 5.41) is 8.84. The highest BCUT2D eigenvalue weighted by Gasteiger charge is 2.09. The van der Waals surface area contributed by atoms with Gasteiger partial charge in [0.15, 0.2) is 5.82 Å². The van der Waals surface area contributed by atoms with Gasteiger partial charge in [0.05, 0.1) is 5.56 Å². The maximum Gasteiger partial charge on any atom is 0.335 e. The second kappa shape index (κ2) is 5.56. The molecule has 1 aromatic carbocycles. The molecule has 0 aliphatic carbocycles. The summed E-state index contributed by atoms with van der Waals surface area (Å²) >= 11 is 0. The Morgan fingerprint density at radius 2 is 2.00 bits per heavy atom. The Hall–Kier alpha value is -2.63. The van der Waals surface area contributed by atoms with Crippen molar-refractivity contribution in [1.82, 2.24) is 9.55 Å². The highest BCUT2D eigenvalue weighted by molar-refractivity contribution is 5.87. The molecule has 0 bridgehead atoms. The number of carbonyl (C=O) groups is 1. The normalized spacial score (nSPS) is 10.3. The molecule has 6 heteroatoms. The predicted octanol–water partition coefficient (Wildman–Crippen LogP) is 1.11. The third kappa shape index (κ3) is 2.85. The number of aromatic carboxylic acids is 1. The molecule has 0 unspecified atom stereocenters. The Bertz CT molecular complexity index is 677. The molecule has 0 atom stereocenters. The van der Waals surface area contributed by atoms with Gasteiger partial charge >= 0.3 is 5.97 Å². The van der Waals surface area contributed by atoms with Gasteiger partial charge in [-0.3, -0.25) is 4.79 Å². The van der Waals surface area contributed by atoms with Crippen molar-refractivity contribution in [2.24, 2.45) is 7.05 Å². The van der Waals surface area contributed by atoms with Crippen molar-refractivity contribution in [2.75, 3.05) is 11.9 Å². The summed E-state index contributed by atoms with van der Waals surface area (Å²) in [6.07, 6.45) is 3.17. The van der Waals surface area contributed by atoms with Crippen LogP contribution in [0.4, 0.5) is 5.82 Å². The van der Waals surface area contributed by atoms with Crippen LogP contribution in [0, 0.1) is 0 Å². The van der Waals surface area contributed by atoms with E-state index in [9.17, 15) is 9.59 Å². The Balaban J connectivity index is 2.19. The minimum absolute atomic E-state index is 0.169. The third-order valence-corrected chi connectivity index (χ3v) is 2.98. The van der Waals surface area contributed by atoms with Crippen LogP contribution >= 0.6 is 0 Å². The predicted molar refractivity (Wildman–Crippen MR) is 75.0 cm³/mol. The van der Waals surface area contributed by atoms with Crippen LogP contribution < -0.4 is 10.5 Å². The summed E-state index contributed by atoms with van der Waals surface area (Å²) in [6, 6.07) is 6.55. The summed E-state index contributed by atoms with van der Waals surface area (Å²) in [7, 11) is 3.44. The van der Waals surface area contributed by atoms with Gasteiger partial charge in [0.1, 0.15) is 0 Å². The Morgan fingerprint density at radius 1 is 1.35 bits per heavy atom. The van der Waals surface area contributed by atoms with Crippen LogP contribution in [0.1, 0.15) is 15.9 Å². The molecule has 0 aliphatic rings. The molecule has 1 heterocycles. The molecule has 2 rings (SSSR count). The van der Waals surface area contributed by atoms with E-state index in [0.29, 0.717) is 12.4 Å². The number of benzene rings is 1. The van der Waals surface area contributed by atoms with E-state index >= 15 is 0 Å². The molecule has 0 spiro atoms. The first-order valence-corrected chi connectivity index (χ1v) is 6.04. The summed E-state index contributed by atoms with van der Waals surface area (Å²) in [6.45, 7) is 0.478. The molecule has 104 valence electrons. The Morgan fingerprint density at radius 3 is 2.60 bits per heavy atom. The van der Waals surface area contributed by atoms with Crippen LogP contribution in [0.3, 0.4) is 0 Å². The summed E-state index contributed by atoms with van der Waals surface area (Å²) in [5.74, 6) is -0.596. The van der Waals surface area contributed by atoms with Gasteiger partial charge in [-0.05, 0) is 17.7 Å². The Labute approximate surface area is 115 Å². The van der Waals surface area contributed by atoms with Crippen LogP contribution in [0.25, 0.3) is 0 Å². The van der Waals surface area contributed by atoms with E-state index in [0.717, 1.165) is 5.56 Å². The number of carboxylic acid groups (broad SMARTS) is 1. The molecular weight excluding hydrogens is 258 g/mol. The molecule has 20 heavy (non-hydrogen) atoms. The average Bonchev–Trinajstić information content (AvgIpc) is 2.42. The zero-order chi connectivity index (χ0) is 14.7. The standard InChI is InChI=1S/C14H15N3O3/c1-16-8-7-15-12(13(16)18)17(2)9-10-3-5-11(6-4-10)14(19)20/h3-8H,9H2,1-2H3,(H,19,20). The lowest BCUT2D eigenvalue weighted by atomic mass is 10.1. The maximum absolute atomic E-state index is 11.9. The molecule has 0 amide bonds. The molecular formula is C14H15N3O3. The third-order valence-electron chi connectivity index (χ3n) is 2.98. The van der Waals surface area contributed by atoms with Crippen molar-refractivity contribution in [3.05, 3.63) is 58.1 Å². The van der Waals surface area contributed by atoms with Crippen LogP contribution in [-0.2, 0) is 13.6 Å². The number of carboxylic acids is 1. The van der Waals surface area contributed by atoms with Gasteiger partial charge in [0.25, 0.3) is 5.56 Å². The van der Waals surface area contributed by atoms with Gasteiger partial charge in [-0.25, -0.2) is 9.78 Å². The van der Waals surface area contributed by atoms with Crippen molar-refractivity contribution in [3.63, 3.8) is 0 Å².